The molecule has 0 spiro atoms. The molecule has 0 aliphatic heterocycles. The van der Waals surface area contributed by atoms with E-state index in [0.29, 0.717) is 9.88 Å². The van der Waals surface area contributed by atoms with Gasteiger partial charge >= 0.3 is 5.97 Å². The molecule has 0 saturated carbocycles. The standard InChI is InChI=1S/C12H19N3O3S/c1-6(2)14-10-7(12(17)18-5)8(13)9(19-10)11(16)15(3)4/h6,14H,13H2,1-5H3. The Labute approximate surface area is 116 Å². The summed E-state index contributed by atoms with van der Waals surface area (Å²) in [4.78, 5) is 25.5. The highest BCUT2D eigenvalue weighted by Gasteiger charge is 2.27. The number of nitrogens with two attached hydrogens (primary N) is 1. The maximum atomic E-state index is 12.0. The molecule has 1 amide bonds. The van der Waals surface area contributed by atoms with Crippen LogP contribution in [0.15, 0.2) is 0 Å². The Morgan fingerprint density at radius 3 is 2.37 bits per heavy atom. The fourth-order valence-corrected chi connectivity index (χ4v) is 2.75. The predicted molar refractivity (Wildman–Crippen MR) is 76.8 cm³/mol. The molecule has 0 aliphatic carbocycles. The molecule has 0 radical (unpaired) electrons. The molecule has 19 heavy (non-hydrogen) atoms. The zero-order valence-electron chi connectivity index (χ0n) is 11.7. The molecule has 0 aliphatic rings. The minimum absolute atomic E-state index is 0.115. The first-order valence-electron chi connectivity index (χ1n) is 5.78. The molecule has 0 atom stereocenters. The zero-order valence-corrected chi connectivity index (χ0v) is 12.6. The number of amides is 1. The van der Waals surface area contributed by atoms with Gasteiger partial charge in [-0.05, 0) is 13.8 Å². The molecule has 0 aromatic carbocycles. The molecule has 1 aromatic heterocycles. The number of methoxy groups -OCH3 is 1. The van der Waals surface area contributed by atoms with Gasteiger partial charge in [-0.15, -0.1) is 11.3 Å². The molecule has 1 aromatic rings. The third kappa shape index (κ3) is 3.17. The lowest BCUT2D eigenvalue weighted by Gasteiger charge is -2.09. The molecule has 7 heteroatoms. The van der Waals surface area contributed by atoms with Crippen LogP contribution in [0.25, 0.3) is 0 Å². The van der Waals surface area contributed by atoms with Gasteiger partial charge in [0.1, 0.15) is 15.4 Å². The number of rotatable bonds is 4. The summed E-state index contributed by atoms with van der Waals surface area (Å²) in [6.45, 7) is 3.87. The Morgan fingerprint density at radius 2 is 1.95 bits per heavy atom. The Bertz CT molecular complexity index is 495. The van der Waals surface area contributed by atoms with Gasteiger partial charge in [0.25, 0.3) is 5.91 Å². The van der Waals surface area contributed by atoms with Crippen LogP contribution in [0.5, 0.6) is 0 Å². The number of nitrogen functional groups attached to an aromatic ring is 1. The monoisotopic (exact) mass is 285 g/mol. The molecule has 0 saturated heterocycles. The average Bonchev–Trinajstić information content (AvgIpc) is 2.63. The lowest BCUT2D eigenvalue weighted by atomic mass is 10.2. The number of nitrogens with zero attached hydrogens (tertiary/aromatic N) is 1. The van der Waals surface area contributed by atoms with Gasteiger partial charge in [0, 0.05) is 20.1 Å². The molecule has 106 valence electrons. The molecule has 0 fully saturated rings. The third-order valence-electron chi connectivity index (χ3n) is 2.35. The van der Waals surface area contributed by atoms with Crippen molar-refractivity contribution in [3.63, 3.8) is 0 Å². The van der Waals surface area contributed by atoms with Gasteiger partial charge in [-0.1, -0.05) is 0 Å². The zero-order chi connectivity index (χ0) is 14.7. The summed E-state index contributed by atoms with van der Waals surface area (Å²) >= 11 is 1.17. The minimum atomic E-state index is -0.547. The highest BCUT2D eigenvalue weighted by atomic mass is 32.1. The number of thiophene rings is 1. The van der Waals surface area contributed by atoms with E-state index in [9.17, 15) is 9.59 Å². The van der Waals surface area contributed by atoms with E-state index in [2.05, 4.69) is 5.32 Å². The van der Waals surface area contributed by atoms with E-state index >= 15 is 0 Å². The van der Waals surface area contributed by atoms with Crippen molar-refractivity contribution >= 4 is 33.9 Å². The summed E-state index contributed by atoms with van der Waals surface area (Å²) < 4.78 is 4.72. The van der Waals surface area contributed by atoms with Crippen LogP contribution in [0.4, 0.5) is 10.7 Å². The number of hydrogen-bond acceptors (Lipinski definition) is 6. The number of nitrogens with one attached hydrogen (secondary N) is 1. The highest BCUT2D eigenvalue weighted by molar-refractivity contribution is 7.19. The van der Waals surface area contributed by atoms with Crippen molar-refractivity contribution in [1.29, 1.82) is 0 Å². The quantitative estimate of drug-likeness (QED) is 0.821. The molecule has 3 N–H and O–H groups in total. The number of anilines is 2. The maximum absolute atomic E-state index is 12.0. The number of ether oxygens (including phenoxy) is 1. The summed E-state index contributed by atoms with van der Waals surface area (Å²) in [6.07, 6.45) is 0. The van der Waals surface area contributed by atoms with Crippen molar-refractivity contribution in [2.45, 2.75) is 19.9 Å². The number of hydrogen-bond donors (Lipinski definition) is 2. The third-order valence-corrected chi connectivity index (χ3v) is 3.48. The summed E-state index contributed by atoms with van der Waals surface area (Å²) in [5.41, 5.74) is 6.31. The molecule has 1 rings (SSSR count). The minimum Gasteiger partial charge on any atom is -0.465 e. The van der Waals surface area contributed by atoms with E-state index in [1.165, 1.54) is 23.3 Å². The second kappa shape index (κ2) is 5.92. The smallest absolute Gasteiger partial charge is 0.343 e. The van der Waals surface area contributed by atoms with E-state index in [1.54, 1.807) is 14.1 Å². The van der Waals surface area contributed by atoms with Crippen molar-refractivity contribution in [3.05, 3.63) is 10.4 Å². The summed E-state index contributed by atoms with van der Waals surface area (Å²) in [6, 6.07) is 0.115. The number of carbonyl (C=O) groups excluding carboxylic acids is 2. The van der Waals surface area contributed by atoms with E-state index in [0.717, 1.165) is 0 Å². The van der Waals surface area contributed by atoms with Crippen molar-refractivity contribution in [1.82, 2.24) is 4.90 Å². The van der Waals surface area contributed by atoms with Gasteiger partial charge in [-0.2, -0.15) is 0 Å². The SMILES string of the molecule is COC(=O)c1c(NC(C)C)sc(C(=O)N(C)C)c1N. The lowest BCUT2D eigenvalue weighted by molar-refractivity contribution is 0.0603. The van der Waals surface area contributed by atoms with Crippen LogP contribution in [0.1, 0.15) is 33.9 Å². The fraction of sp³-hybridized carbons (Fsp3) is 0.500. The van der Waals surface area contributed by atoms with Gasteiger partial charge < -0.3 is 20.7 Å². The van der Waals surface area contributed by atoms with Crippen molar-refractivity contribution in [2.75, 3.05) is 32.3 Å². The van der Waals surface area contributed by atoms with Crippen LogP contribution in [0.3, 0.4) is 0 Å². The van der Waals surface area contributed by atoms with Gasteiger partial charge in [-0.3, -0.25) is 4.79 Å². The van der Waals surface area contributed by atoms with Crippen LogP contribution in [0, 0.1) is 0 Å². The van der Waals surface area contributed by atoms with Crippen molar-refractivity contribution in [2.24, 2.45) is 0 Å². The summed E-state index contributed by atoms with van der Waals surface area (Å²) in [5.74, 6) is -0.779. The molecular weight excluding hydrogens is 266 g/mol. The Hall–Kier alpha value is -1.76. The second-order valence-corrected chi connectivity index (χ2v) is 5.56. The summed E-state index contributed by atoms with van der Waals surface area (Å²) in [7, 11) is 4.55. The second-order valence-electron chi connectivity index (χ2n) is 4.54. The first-order valence-corrected chi connectivity index (χ1v) is 6.60. The number of esters is 1. The first-order chi connectivity index (χ1) is 8.79. The van der Waals surface area contributed by atoms with Crippen LogP contribution < -0.4 is 11.1 Å². The van der Waals surface area contributed by atoms with Gasteiger partial charge in [0.2, 0.25) is 0 Å². The van der Waals surface area contributed by atoms with Gasteiger partial charge in [0.15, 0.2) is 0 Å². The van der Waals surface area contributed by atoms with E-state index in [1.807, 2.05) is 13.8 Å². The Morgan fingerprint density at radius 1 is 1.37 bits per heavy atom. The summed E-state index contributed by atoms with van der Waals surface area (Å²) in [5, 5.41) is 3.67. The topological polar surface area (TPSA) is 84.7 Å². The first kappa shape index (κ1) is 15.3. The lowest BCUT2D eigenvalue weighted by Crippen LogP contribution is -2.21. The molecule has 0 unspecified atom stereocenters. The fourth-order valence-electron chi connectivity index (χ4n) is 1.47. The van der Waals surface area contributed by atoms with E-state index in [4.69, 9.17) is 10.5 Å². The van der Waals surface area contributed by atoms with Crippen LogP contribution in [-0.2, 0) is 4.74 Å². The van der Waals surface area contributed by atoms with E-state index < -0.39 is 5.97 Å². The molecule has 0 bridgehead atoms. The van der Waals surface area contributed by atoms with Gasteiger partial charge in [0.05, 0.1) is 12.8 Å². The Balaban J connectivity index is 3.34. The molecule has 6 nitrogen and oxygen atoms in total. The van der Waals surface area contributed by atoms with Gasteiger partial charge in [-0.25, -0.2) is 4.79 Å². The van der Waals surface area contributed by atoms with Crippen molar-refractivity contribution in [3.8, 4) is 0 Å². The van der Waals surface area contributed by atoms with Crippen molar-refractivity contribution < 1.29 is 14.3 Å². The van der Waals surface area contributed by atoms with Crippen LogP contribution in [-0.4, -0.2) is 44.0 Å². The largest absolute Gasteiger partial charge is 0.465 e. The maximum Gasteiger partial charge on any atom is 0.343 e. The number of carbonyl (C=O) groups is 2. The Kier molecular flexibility index (Phi) is 4.77. The highest BCUT2D eigenvalue weighted by Crippen LogP contribution is 2.37. The molecular formula is C12H19N3O3S. The average molecular weight is 285 g/mol. The normalized spacial score (nSPS) is 10.4. The van der Waals surface area contributed by atoms with E-state index in [-0.39, 0.29) is 23.2 Å². The predicted octanol–water partition coefficient (Wildman–Crippen LogP) is 1.64. The molecule has 1 heterocycles. The van der Waals surface area contributed by atoms with Crippen LogP contribution in [0.2, 0.25) is 0 Å². The van der Waals surface area contributed by atoms with Crippen LogP contribution >= 0.6 is 11.3 Å².